The molecule has 3 aromatic rings. The summed E-state index contributed by atoms with van der Waals surface area (Å²) >= 11 is 0. The average molecular weight is 472 g/mol. The van der Waals surface area contributed by atoms with E-state index in [9.17, 15) is 13.2 Å². The molecule has 1 saturated heterocycles. The molecule has 1 aromatic heterocycles. The minimum Gasteiger partial charge on any atom is -0.399 e. The monoisotopic (exact) mass is 471 g/mol. The van der Waals surface area contributed by atoms with Gasteiger partial charge in [-0.2, -0.15) is 13.2 Å². The first-order chi connectivity index (χ1) is 16.2. The molecule has 180 valence electrons. The summed E-state index contributed by atoms with van der Waals surface area (Å²) in [4.78, 5) is 11.6. The van der Waals surface area contributed by atoms with E-state index in [0.29, 0.717) is 23.1 Å². The Morgan fingerprint density at radius 3 is 2.76 bits per heavy atom. The Morgan fingerprint density at radius 1 is 1.21 bits per heavy atom. The van der Waals surface area contributed by atoms with Gasteiger partial charge in [-0.25, -0.2) is 9.97 Å². The topological polar surface area (TPSA) is 76.3 Å². The van der Waals surface area contributed by atoms with Crippen LogP contribution in [0, 0.1) is 12.8 Å². The molecule has 2 unspecified atom stereocenters. The summed E-state index contributed by atoms with van der Waals surface area (Å²) in [5.74, 6) is 1.73. The zero-order valence-electron chi connectivity index (χ0n) is 19.2. The van der Waals surface area contributed by atoms with E-state index in [1.165, 1.54) is 11.3 Å². The van der Waals surface area contributed by atoms with Crippen LogP contribution in [0.5, 0.6) is 0 Å². The van der Waals surface area contributed by atoms with E-state index in [0.717, 1.165) is 62.2 Å². The maximum absolute atomic E-state index is 13.3. The molecule has 0 amide bonds. The minimum atomic E-state index is -4.46. The van der Waals surface area contributed by atoms with Gasteiger partial charge in [-0.15, -0.1) is 0 Å². The molecule has 5 rings (SSSR count). The van der Waals surface area contributed by atoms with Crippen LogP contribution in [0.3, 0.4) is 0 Å². The van der Waals surface area contributed by atoms with Crippen molar-refractivity contribution in [3.63, 3.8) is 0 Å². The first-order valence-corrected chi connectivity index (χ1v) is 11.6. The number of alkyl halides is 3. The molecule has 2 aliphatic heterocycles. The maximum atomic E-state index is 13.3. The Morgan fingerprint density at radius 2 is 2.03 bits per heavy atom. The first kappa shape index (κ1) is 22.7. The first-order valence-electron chi connectivity index (χ1n) is 11.6. The van der Waals surface area contributed by atoms with Gasteiger partial charge in [0.15, 0.2) is 0 Å². The summed E-state index contributed by atoms with van der Waals surface area (Å²) in [7, 11) is 0. The highest BCUT2D eigenvalue weighted by molar-refractivity contribution is 5.93. The van der Waals surface area contributed by atoms with Gasteiger partial charge in [0.25, 0.3) is 0 Å². The Labute approximate surface area is 196 Å². The Balaban J connectivity index is 1.48. The van der Waals surface area contributed by atoms with Gasteiger partial charge in [-0.1, -0.05) is 0 Å². The van der Waals surface area contributed by atoms with E-state index in [4.69, 9.17) is 10.5 Å². The molecule has 0 spiro atoms. The lowest BCUT2D eigenvalue weighted by molar-refractivity contribution is -0.137. The third-order valence-electron chi connectivity index (χ3n) is 6.66. The van der Waals surface area contributed by atoms with Crippen molar-refractivity contribution in [1.82, 2.24) is 9.97 Å². The van der Waals surface area contributed by atoms with Crippen LogP contribution >= 0.6 is 0 Å². The predicted octanol–water partition coefficient (Wildman–Crippen LogP) is 5.11. The van der Waals surface area contributed by atoms with Crippen molar-refractivity contribution in [2.45, 2.75) is 38.9 Å². The van der Waals surface area contributed by atoms with Gasteiger partial charge in [0, 0.05) is 42.4 Å². The number of fused-ring (bicyclic) bond motifs is 2. The number of anilines is 3. The van der Waals surface area contributed by atoms with Crippen molar-refractivity contribution >= 4 is 28.1 Å². The molecule has 0 bridgehead atoms. The van der Waals surface area contributed by atoms with Gasteiger partial charge < -0.3 is 20.7 Å². The number of nitrogens with one attached hydrogen (secondary N) is 1. The summed E-state index contributed by atoms with van der Waals surface area (Å²) in [6, 6.07) is 7.43. The van der Waals surface area contributed by atoms with Gasteiger partial charge in [-0.05, 0) is 68.1 Å². The van der Waals surface area contributed by atoms with Gasteiger partial charge in [0.05, 0.1) is 23.7 Å². The molecule has 2 aromatic carbocycles. The number of nitrogen functional groups attached to an aromatic ring is 1. The molecule has 9 heteroatoms. The standard InChI is InChI=1S/C25H28F3N5O/c1-14(18-7-19(25(26,27)28)10-20(29)8-18)30-24-21-11-23-17(9-22(21)31-15(2)32-24)3-5-33(23)12-16-4-6-34-13-16/h7-11,14,16H,3-6,12-13,29H2,1-2H3,(H,30,31,32). The van der Waals surface area contributed by atoms with Crippen LogP contribution in [0.2, 0.25) is 0 Å². The molecule has 0 saturated carbocycles. The van der Waals surface area contributed by atoms with E-state index in [2.05, 4.69) is 32.3 Å². The van der Waals surface area contributed by atoms with Crippen LogP contribution in [0.1, 0.15) is 41.9 Å². The smallest absolute Gasteiger partial charge is 0.399 e. The second kappa shape index (κ2) is 8.61. The van der Waals surface area contributed by atoms with E-state index in [-0.39, 0.29) is 5.69 Å². The number of ether oxygens (including phenoxy) is 1. The molecule has 6 nitrogen and oxygen atoms in total. The predicted molar refractivity (Wildman–Crippen MR) is 127 cm³/mol. The number of hydrogen-bond donors (Lipinski definition) is 2. The van der Waals surface area contributed by atoms with Crippen LogP contribution in [0.4, 0.5) is 30.4 Å². The molecule has 2 atom stereocenters. The quantitative estimate of drug-likeness (QED) is 0.504. The SMILES string of the molecule is Cc1nc(NC(C)c2cc(N)cc(C(F)(F)F)c2)c2cc3c(cc2n1)CCN3CC1CCOC1. The van der Waals surface area contributed by atoms with E-state index >= 15 is 0 Å². The number of benzene rings is 2. The largest absolute Gasteiger partial charge is 0.416 e. The third-order valence-corrected chi connectivity index (χ3v) is 6.66. The molecule has 0 radical (unpaired) electrons. The average Bonchev–Trinajstić information content (AvgIpc) is 3.41. The number of aryl methyl sites for hydroxylation is 1. The lowest BCUT2D eigenvalue weighted by Crippen LogP contribution is -2.27. The summed E-state index contributed by atoms with van der Waals surface area (Å²) in [6.45, 7) is 7.15. The number of nitrogens with zero attached hydrogens (tertiary/aromatic N) is 3. The van der Waals surface area contributed by atoms with Gasteiger partial charge in [-0.3, -0.25) is 0 Å². The molecule has 3 heterocycles. The van der Waals surface area contributed by atoms with Crippen LogP contribution in [0.25, 0.3) is 10.9 Å². The second-order valence-electron chi connectivity index (χ2n) is 9.30. The fourth-order valence-electron chi connectivity index (χ4n) is 4.91. The van der Waals surface area contributed by atoms with Crippen molar-refractivity contribution in [2.75, 3.05) is 42.3 Å². The number of hydrogen-bond acceptors (Lipinski definition) is 6. The van der Waals surface area contributed by atoms with Crippen molar-refractivity contribution in [3.05, 3.63) is 52.8 Å². The summed E-state index contributed by atoms with van der Waals surface area (Å²) in [5, 5.41) is 4.17. The highest BCUT2D eigenvalue weighted by Crippen LogP contribution is 2.37. The lowest BCUT2D eigenvalue weighted by atomic mass is 10.0. The maximum Gasteiger partial charge on any atom is 0.416 e. The number of nitrogens with two attached hydrogens (primary N) is 1. The summed E-state index contributed by atoms with van der Waals surface area (Å²) < 4.78 is 45.4. The Bertz CT molecular complexity index is 1220. The van der Waals surface area contributed by atoms with Crippen molar-refractivity contribution < 1.29 is 17.9 Å². The fraction of sp³-hybridized carbons (Fsp3) is 0.440. The zero-order chi connectivity index (χ0) is 24.0. The highest BCUT2D eigenvalue weighted by atomic mass is 19.4. The summed E-state index contributed by atoms with van der Waals surface area (Å²) in [5.41, 5.74) is 8.80. The van der Waals surface area contributed by atoms with Crippen LogP contribution in [0.15, 0.2) is 30.3 Å². The number of aromatic nitrogens is 2. The fourth-order valence-corrected chi connectivity index (χ4v) is 4.91. The van der Waals surface area contributed by atoms with Crippen LogP contribution in [-0.4, -0.2) is 36.3 Å². The molecule has 0 aliphatic carbocycles. The van der Waals surface area contributed by atoms with Crippen molar-refractivity contribution in [1.29, 1.82) is 0 Å². The number of rotatable bonds is 5. The van der Waals surface area contributed by atoms with Crippen LogP contribution in [-0.2, 0) is 17.3 Å². The van der Waals surface area contributed by atoms with E-state index in [1.54, 1.807) is 13.0 Å². The Hall–Kier alpha value is -3.07. The summed E-state index contributed by atoms with van der Waals surface area (Å²) in [6.07, 6.45) is -2.42. The molecule has 3 N–H and O–H groups in total. The molecule has 2 aliphatic rings. The third kappa shape index (κ3) is 4.49. The van der Waals surface area contributed by atoms with E-state index in [1.807, 2.05) is 6.92 Å². The van der Waals surface area contributed by atoms with Crippen LogP contribution < -0.4 is 16.0 Å². The molecular formula is C25H28F3N5O. The van der Waals surface area contributed by atoms with Gasteiger partial charge in [0.1, 0.15) is 11.6 Å². The van der Waals surface area contributed by atoms with Crippen molar-refractivity contribution in [2.24, 2.45) is 5.92 Å². The second-order valence-corrected chi connectivity index (χ2v) is 9.30. The molecule has 1 fully saturated rings. The van der Waals surface area contributed by atoms with Gasteiger partial charge >= 0.3 is 6.18 Å². The zero-order valence-corrected chi connectivity index (χ0v) is 19.2. The number of halogens is 3. The van der Waals surface area contributed by atoms with Crippen molar-refractivity contribution in [3.8, 4) is 0 Å². The molecular weight excluding hydrogens is 443 g/mol. The Kier molecular flexibility index (Phi) is 5.75. The highest BCUT2D eigenvalue weighted by Gasteiger charge is 2.31. The van der Waals surface area contributed by atoms with E-state index < -0.39 is 17.8 Å². The molecule has 34 heavy (non-hydrogen) atoms. The normalized spacial score (nSPS) is 19.0. The van der Waals surface area contributed by atoms with Gasteiger partial charge in [0.2, 0.25) is 0 Å². The lowest BCUT2D eigenvalue weighted by Gasteiger charge is -2.23. The minimum absolute atomic E-state index is 0.0755.